The van der Waals surface area contributed by atoms with E-state index in [0.717, 1.165) is 25.7 Å². The van der Waals surface area contributed by atoms with Gasteiger partial charge in [0.2, 0.25) is 5.91 Å². The highest BCUT2D eigenvalue weighted by Crippen LogP contribution is 2.31. The summed E-state index contributed by atoms with van der Waals surface area (Å²) >= 11 is 0. The van der Waals surface area contributed by atoms with Crippen LogP contribution >= 0.6 is 0 Å². The lowest BCUT2D eigenvalue weighted by Gasteiger charge is -2.15. The molecule has 0 bridgehead atoms. The maximum absolute atomic E-state index is 12.3. The summed E-state index contributed by atoms with van der Waals surface area (Å²) in [6.07, 6.45) is 3.85. The van der Waals surface area contributed by atoms with Crippen LogP contribution in [-0.4, -0.2) is 29.2 Å². The van der Waals surface area contributed by atoms with Crippen LogP contribution in [0.5, 0.6) is 5.75 Å². The van der Waals surface area contributed by atoms with Gasteiger partial charge in [-0.15, -0.1) is 0 Å². The molecule has 7 nitrogen and oxygen atoms in total. The van der Waals surface area contributed by atoms with Crippen LogP contribution in [-0.2, 0) is 4.79 Å². The largest absolute Gasteiger partial charge is 0.497 e. The zero-order valence-corrected chi connectivity index (χ0v) is 14.8. The molecule has 0 spiro atoms. The molecule has 1 aliphatic carbocycles. The summed E-state index contributed by atoms with van der Waals surface area (Å²) in [5.41, 5.74) is 0.805. The van der Waals surface area contributed by atoms with Crippen molar-refractivity contribution < 1.29 is 24.0 Å². The number of carbonyl (C=O) groups is 2. The molecule has 1 aromatic heterocycles. The predicted molar refractivity (Wildman–Crippen MR) is 94.0 cm³/mol. The molecule has 3 rings (SSSR count). The highest BCUT2D eigenvalue weighted by molar-refractivity contribution is 5.96. The molecule has 26 heavy (non-hydrogen) atoms. The van der Waals surface area contributed by atoms with Crippen molar-refractivity contribution in [1.29, 1.82) is 0 Å². The molecule has 1 aliphatic rings. The molecule has 2 N–H and O–H groups in total. The van der Waals surface area contributed by atoms with Crippen LogP contribution in [0, 0.1) is 5.92 Å². The third-order valence-electron chi connectivity index (χ3n) is 4.77. The molecule has 0 saturated heterocycles. The number of nitrogens with one attached hydrogen (secondary N) is 1. The number of hydrogen-bond donors (Lipinski definition) is 2. The second-order valence-electron chi connectivity index (χ2n) is 6.52. The first kappa shape index (κ1) is 18.0. The Hall–Kier alpha value is -2.83. The second kappa shape index (κ2) is 7.59. The van der Waals surface area contributed by atoms with Crippen molar-refractivity contribution in [2.45, 2.75) is 38.6 Å². The summed E-state index contributed by atoms with van der Waals surface area (Å²) in [5.74, 6) is -0.404. The van der Waals surface area contributed by atoms with Crippen LogP contribution < -0.4 is 10.1 Å². The van der Waals surface area contributed by atoms with E-state index in [1.54, 1.807) is 38.3 Å². The van der Waals surface area contributed by atoms with Crippen LogP contribution in [0.15, 0.2) is 28.8 Å². The number of benzene rings is 1. The first-order chi connectivity index (χ1) is 12.5. The van der Waals surface area contributed by atoms with E-state index >= 15 is 0 Å². The maximum Gasteiger partial charge on any atom is 0.341 e. The number of amides is 1. The standard InChI is InChI=1S/C19H22N2O5/c1-11(20-18(22)13-5-3-4-6-13)17-15(19(23)24)16(21-26-17)12-7-9-14(25-2)10-8-12/h7-11,13H,3-6H2,1-2H3,(H,20,22)(H,23,24). The molecule has 0 radical (unpaired) electrons. The van der Waals surface area contributed by atoms with Gasteiger partial charge in [-0.2, -0.15) is 0 Å². The average Bonchev–Trinajstić information content (AvgIpc) is 3.31. The van der Waals surface area contributed by atoms with Crippen LogP contribution in [0.1, 0.15) is 54.8 Å². The molecule has 138 valence electrons. The van der Waals surface area contributed by atoms with Crippen molar-refractivity contribution in [3.8, 4) is 17.0 Å². The topological polar surface area (TPSA) is 102 Å². The normalized spacial score (nSPS) is 15.6. The minimum absolute atomic E-state index is 0.00490. The Labute approximate surface area is 151 Å². The summed E-state index contributed by atoms with van der Waals surface area (Å²) in [6, 6.07) is 6.30. The Morgan fingerprint density at radius 3 is 2.50 bits per heavy atom. The van der Waals surface area contributed by atoms with E-state index in [4.69, 9.17) is 9.26 Å². The summed E-state index contributed by atoms with van der Waals surface area (Å²) in [4.78, 5) is 24.1. The summed E-state index contributed by atoms with van der Waals surface area (Å²) in [6.45, 7) is 1.71. The van der Waals surface area contributed by atoms with Crippen molar-refractivity contribution in [2.75, 3.05) is 7.11 Å². The number of methoxy groups -OCH3 is 1. The van der Waals surface area contributed by atoms with Crippen LogP contribution in [0.3, 0.4) is 0 Å². The van der Waals surface area contributed by atoms with Gasteiger partial charge in [-0.1, -0.05) is 18.0 Å². The fourth-order valence-corrected chi connectivity index (χ4v) is 3.34. The van der Waals surface area contributed by atoms with Crippen molar-refractivity contribution in [3.05, 3.63) is 35.6 Å². The number of ether oxygens (including phenoxy) is 1. The van der Waals surface area contributed by atoms with E-state index in [-0.39, 0.29) is 28.8 Å². The third kappa shape index (κ3) is 3.56. The minimum Gasteiger partial charge on any atom is -0.497 e. The molecular weight excluding hydrogens is 336 g/mol. The van der Waals surface area contributed by atoms with E-state index in [9.17, 15) is 14.7 Å². The highest BCUT2D eigenvalue weighted by Gasteiger charge is 2.30. The molecule has 1 unspecified atom stereocenters. The van der Waals surface area contributed by atoms with Crippen LogP contribution in [0.2, 0.25) is 0 Å². The molecule has 1 heterocycles. The fraction of sp³-hybridized carbons (Fsp3) is 0.421. The van der Waals surface area contributed by atoms with Gasteiger partial charge in [-0.3, -0.25) is 4.79 Å². The zero-order chi connectivity index (χ0) is 18.7. The number of hydrogen-bond acceptors (Lipinski definition) is 5. The Balaban J connectivity index is 1.86. The fourth-order valence-electron chi connectivity index (χ4n) is 3.34. The van der Waals surface area contributed by atoms with E-state index < -0.39 is 12.0 Å². The SMILES string of the molecule is COc1ccc(-c2noc(C(C)NC(=O)C3CCCC3)c2C(=O)O)cc1. The van der Waals surface area contributed by atoms with Gasteiger partial charge in [-0.25, -0.2) is 4.79 Å². The number of carboxylic acid groups (broad SMARTS) is 1. The number of aromatic nitrogens is 1. The Morgan fingerprint density at radius 2 is 1.92 bits per heavy atom. The van der Waals surface area contributed by atoms with E-state index in [2.05, 4.69) is 10.5 Å². The predicted octanol–water partition coefficient (Wildman–Crippen LogP) is 3.42. The smallest absolute Gasteiger partial charge is 0.341 e. The number of carboxylic acids is 1. The summed E-state index contributed by atoms with van der Waals surface area (Å²) in [7, 11) is 1.56. The molecule has 1 saturated carbocycles. The first-order valence-corrected chi connectivity index (χ1v) is 8.69. The number of carbonyl (C=O) groups excluding carboxylic acids is 1. The maximum atomic E-state index is 12.3. The lowest BCUT2D eigenvalue weighted by atomic mass is 10.0. The Bertz CT molecular complexity index is 791. The van der Waals surface area contributed by atoms with E-state index in [1.807, 2.05) is 0 Å². The summed E-state index contributed by atoms with van der Waals surface area (Å²) in [5, 5.41) is 16.5. The van der Waals surface area contributed by atoms with Crippen molar-refractivity contribution >= 4 is 11.9 Å². The van der Waals surface area contributed by atoms with Gasteiger partial charge in [-0.05, 0) is 44.0 Å². The lowest BCUT2D eigenvalue weighted by molar-refractivity contribution is -0.125. The molecule has 2 aromatic rings. The third-order valence-corrected chi connectivity index (χ3v) is 4.77. The van der Waals surface area contributed by atoms with E-state index in [1.165, 1.54) is 0 Å². The average molecular weight is 358 g/mol. The van der Waals surface area contributed by atoms with Gasteiger partial charge in [0.15, 0.2) is 5.76 Å². The molecule has 1 fully saturated rings. The van der Waals surface area contributed by atoms with Crippen LogP contribution in [0.4, 0.5) is 0 Å². The molecule has 7 heteroatoms. The second-order valence-corrected chi connectivity index (χ2v) is 6.52. The quantitative estimate of drug-likeness (QED) is 0.820. The van der Waals surface area contributed by atoms with Crippen LogP contribution in [0.25, 0.3) is 11.3 Å². The number of aromatic carboxylic acids is 1. The van der Waals surface area contributed by atoms with Gasteiger partial charge in [0.25, 0.3) is 0 Å². The van der Waals surface area contributed by atoms with Gasteiger partial charge in [0.05, 0.1) is 13.2 Å². The Kier molecular flexibility index (Phi) is 5.25. The van der Waals surface area contributed by atoms with Crippen molar-refractivity contribution in [1.82, 2.24) is 10.5 Å². The first-order valence-electron chi connectivity index (χ1n) is 8.69. The monoisotopic (exact) mass is 358 g/mol. The van der Waals surface area contributed by atoms with Crippen molar-refractivity contribution in [2.24, 2.45) is 5.92 Å². The highest BCUT2D eigenvalue weighted by atomic mass is 16.5. The molecule has 0 aliphatic heterocycles. The van der Waals surface area contributed by atoms with Gasteiger partial charge >= 0.3 is 5.97 Å². The number of rotatable bonds is 6. The molecular formula is C19H22N2O5. The van der Waals surface area contributed by atoms with Crippen molar-refractivity contribution in [3.63, 3.8) is 0 Å². The van der Waals surface area contributed by atoms with Gasteiger partial charge in [0, 0.05) is 11.5 Å². The van der Waals surface area contributed by atoms with Gasteiger partial charge < -0.3 is 19.7 Å². The molecule has 1 aromatic carbocycles. The number of nitrogens with zero attached hydrogens (tertiary/aromatic N) is 1. The van der Waals surface area contributed by atoms with Gasteiger partial charge in [0.1, 0.15) is 17.0 Å². The minimum atomic E-state index is -1.14. The van der Waals surface area contributed by atoms with E-state index in [0.29, 0.717) is 11.3 Å². The Morgan fingerprint density at radius 1 is 1.27 bits per heavy atom. The summed E-state index contributed by atoms with van der Waals surface area (Å²) < 4.78 is 10.4. The lowest BCUT2D eigenvalue weighted by Crippen LogP contribution is -2.32. The molecule has 1 atom stereocenters. The zero-order valence-electron chi connectivity index (χ0n) is 14.8. The molecule has 1 amide bonds.